The van der Waals surface area contributed by atoms with Gasteiger partial charge in [0.25, 0.3) is 0 Å². The maximum Gasteiger partial charge on any atom is 0.329 e. The number of rotatable bonds is 26. The van der Waals surface area contributed by atoms with Crippen LogP contribution in [0.1, 0.15) is 129 Å². The second-order valence-electron chi connectivity index (χ2n) is 9.03. The summed E-state index contributed by atoms with van der Waals surface area (Å²) in [6, 6.07) is 0. The first-order valence-electron chi connectivity index (χ1n) is 13.7. The molecule has 0 rings (SSSR count). The molecule has 0 aromatic rings. The number of ether oxygens (including phenoxy) is 1. The zero-order chi connectivity index (χ0) is 24.4. The van der Waals surface area contributed by atoms with Gasteiger partial charge in [-0.3, -0.25) is 4.79 Å². The highest BCUT2D eigenvalue weighted by atomic mass is 31.2. The molecule has 0 heterocycles. The maximum absolute atomic E-state index is 11.7. The molecule has 33 heavy (non-hydrogen) atoms. The summed E-state index contributed by atoms with van der Waals surface area (Å²) in [4.78, 5) is 21.6. The monoisotopic (exact) mass is 491 g/mol. The van der Waals surface area contributed by atoms with Crippen LogP contribution >= 0.6 is 8.60 Å². The summed E-state index contributed by atoms with van der Waals surface area (Å²) < 4.78 is 16.2. The fraction of sp³-hybridized carbons (Fsp3) is 0.962. The minimum absolute atomic E-state index is 0.193. The molecule has 6 nitrogen and oxygen atoms in total. The smallest absolute Gasteiger partial charge is 0.329 e. The Morgan fingerprint density at radius 2 is 1.30 bits per heavy atom. The van der Waals surface area contributed by atoms with Gasteiger partial charge in [0, 0.05) is 6.42 Å². The fourth-order valence-electron chi connectivity index (χ4n) is 3.76. The Balaban J connectivity index is 3.69. The van der Waals surface area contributed by atoms with Crippen LogP contribution in [0.3, 0.4) is 0 Å². The average molecular weight is 492 g/mol. The van der Waals surface area contributed by atoms with Crippen molar-refractivity contribution in [3.05, 3.63) is 0 Å². The van der Waals surface area contributed by atoms with Crippen molar-refractivity contribution in [1.82, 2.24) is 5.32 Å². The van der Waals surface area contributed by atoms with Gasteiger partial charge in [0.1, 0.15) is 6.10 Å². The largest absolute Gasteiger partial charge is 0.460 e. The highest BCUT2D eigenvalue weighted by Crippen LogP contribution is 2.33. The predicted octanol–water partition coefficient (Wildman–Crippen LogP) is 7.43. The van der Waals surface area contributed by atoms with Crippen molar-refractivity contribution < 1.29 is 23.5 Å². The van der Waals surface area contributed by atoms with Gasteiger partial charge in [-0.2, -0.15) is 0 Å². The highest BCUT2D eigenvalue weighted by molar-refractivity contribution is 7.40. The maximum atomic E-state index is 11.7. The van der Waals surface area contributed by atoms with E-state index >= 15 is 0 Å². The van der Waals surface area contributed by atoms with E-state index in [2.05, 4.69) is 12.2 Å². The molecule has 0 aromatic carbocycles. The molecule has 0 saturated heterocycles. The van der Waals surface area contributed by atoms with Crippen molar-refractivity contribution in [2.75, 3.05) is 26.8 Å². The van der Waals surface area contributed by atoms with Crippen LogP contribution in [0.4, 0.5) is 0 Å². The van der Waals surface area contributed by atoms with Crippen molar-refractivity contribution in [3.8, 4) is 0 Å². The van der Waals surface area contributed by atoms with E-state index in [1.807, 2.05) is 7.05 Å². The lowest BCUT2D eigenvalue weighted by atomic mass is 10.0. The molecule has 2 unspecified atom stereocenters. The summed E-state index contributed by atoms with van der Waals surface area (Å²) >= 11 is 0. The van der Waals surface area contributed by atoms with Gasteiger partial charge >= 0.3 is 14.6 Å². The van der Waals surface area contributed by atoms with E-state index in [0.717, 1.165) is 32.2 Å². The van der Waals surface area contributed by atoms with Crippen molar-refractivity contribution in [2.24, 2.45) is 0 Å². The average Bonchev–Trinajstić information content (AvgIpc) is 2.82. The Morgan fingerprint density at radius 3 is 1.79 bits per heavy atom. The zero-order valence-corrected chi connectivity index (χ0v) is 22.8. The summed E-state index contributed by atoms with van der Waals surface area (Å²) in [5.41, 5.74) is 0. The van der Waals surface area contributed by atoms with Gasteiger partial charge in [-0.25, -0.2) is 0 Å². The number of nitrogens with one attached hydrogen (secondary N) is 1. The highest BCUT2D eigenvalue weighted by Gasteiger charge is 2.17. The van der Waals surface area contributed by atoms with E-state index in [4.69, 9.17) is 13.8 Å². The molecule has 0 aromatic heterocycles. The van der Waals surface area contributed by atoms with Gasteiger partial charge in [0.05, 0.1) is 13.2 Å². The van der Waals surface area contributed by atoms with E-state index in [-0.39, 0.29) is 18.7 Å². The van der Waals surface area contributed by atoms with E-state index in [9.17, 15) is 9.69 Å². The summed E-state index contributed by atoms with van der Waals surface area (Å²) in [5.74, 6) is -0.221. The second-order valence-corrected chi connectivity index (χ2v) is 10.0. The normalized spacial score (nSPS) is 13.2. The van der Waals surface area contributed by atoms with Gasteiger partial charge in [0.15, 0.2) is 0 Å². The lowest BCUT2D eigenvalue weighted by molar-refractivity contribution is -0.150. The number of esters is 1. The van der Waals surface area contributed by atoms with Crippen molar-refractivity contribution >= 4 is 14.6 Å². The minimum atomic E-state index is -1.92. The molecular weight excluding hydrogens is 437 g/mol. The molecule has 198 valence electrons. The number of hydrogen-bond acceptors (Lipinski definition) is 6. The molecule has 7 heteroatoms. The third kappa shape index (κ3) is 24.7. The first-order chi connectivity index (χ1) is 16.1. The molecule has 2 N–H and O–H groups in total. The zero-order valence-electron chi connectivity index (χ0n) is 22.0. The molecule has 0 aliphatic rings. The Bertz CT molecular complexity index is 414. The Hall–Kier alpha value is -0.260. The van der Waals surface area contributed by atoms with Crippen molar-refractivity contribution in [1.29, 1.82) is 0 Å². The minimum Gasteiger partial charge on any atom is -0.460 e. The van der Waals surface area contributed by atoms with Crippen LogP contribution in [-0.2, 0) is 18.6 Å². The van der Waals surface area contributed by atoms with Crippen LogP contribution in [0.15, 0.2) is 0 Å². The third-order valence-electron chi connectivity index (χ3n) is 5.86. The number of carbonyl (C=O) groups is 1. The molecule has 0 bridgehead atoms. The van der Waals surface area contributed by atoms with Crippen LogP contribution in [0.5, 0.6) is 0 Å². The lowest BCUT2D eigenvalue weighted by Gasteiger charge is -2.19. The van der Waals surface area contributed by atoms with Crippen LogP contribution < -0.4 is 5.32 Å². The van der Waals surface area contributed by atoms with Crippen molar-refractivity contribution in [3.63, 3.8) is 0 Å². The summed E-state index contributed by atoms with van der Waals surface area (Å²) in [6.45, 7) is 5.53. The molecule has 0 radical (unpaired) electrons. The Labute approximate surface area is 205 Å². The topological polar surface area (TPSA) is 77.0 Å². The van der Waals surface area contributed by atoms with E-state index in [0.29, 0.717) is 13.0 Å². The molecular formula is C26H54NO5P. The van der Waals surface area contributed by atoms with Crippen LogP contribution in [0.2, 0.25) is 0 Å². The lowest BCUT2D eigenvalue weighted by Crippen LogP contribution is -2.22. The molecule has 0 saturated carbocycles. The Kier molecular flexibility index (Phi) is 26.1. The second kappa shape index (κ2) is 26.3. The van der Waals surface area contributed by atoms with Gasteiger partial charge in [0.2, 0.25) is 0 Å². The van der Waals surface area contributed by atoms with E-state index < -0.39 is 8.60 Å². The number of unbranched alkanes of at least 4 members (excludes halogenated alkanes) is 14. The summed E-state index contributed by atoms with van der Waals surface area (Å²) in [7, 11) is -0.0386. The van der Waals surface area contributed by atoms with Gasteiger partial charge in [-0.15, -0.1) is 0 Å². The van der Waals surface area contributed by atoms with Crippen LogP contribution in [0, 0.1) is 0 Å². The van der Waals surface area contributed by atoms with Crippen molar-refractivity contribution in [2.45, 2.75) is 136 Å². The molecule has 0 fully saturated rings. The van der Waals surface area contributed by atoms with Crippen LogP contribution in [-0.4, -0.2) is 43.8 Å². The molecule has 0 aliphatic heterocycles. The quantitative estimate of drug-likeness (QED) is 0.0744. The Morgan fingerprint density at radius 1 is 0.788 bits per heavy atom. The van der Waals surface area contributed by atoms with Gasteiger partial charge in [-0.05, 0) is 32.9 Å². The number of hydrogen-bond donors (Lipinski definition) is 2. The molecule has 0 amide bonds. The standard InChI is InChI=1S/C26H54NO5P/c1-4-6-7-8-9-10-11-12-13-14-15-16-17-18-19-21-25(32-26(28)5-2)24-31-33(29)30-23-20-22-27-3/h25,27,29H,4-24H2,1-3H3. The van der Waals surface area contributed by atoms with E-state index in [1.165, 1.54) is 83.5 Å². The van der Waals surface area contributed by atoms with Gasteiger partial charge in [-0.1, -0.05) is 104 Å². The van der Waals surface area contributed by atoms with Gasteiger partial charge < -0.3 is 24.0 Å². The SMILES string of the molecule is CCCCCCCCCCCCCCCCCC(COP(O)OCCCNC)OC(=O)CC. The molecule has 0 spiro atoms. The molecule has 0 aliphatic carbocycles. The summed E-state index contributed by atoms with van der Waals surface area (Å²) in [6.07, 6.45) is 21.6. The fourth-order valence-corrected chi connectivity index (χ4v) is 4.42. The van der Waals surface area contributed by atoms with E-state index in [1.54, 1.807) is 6.92 Å². The third-order valence-corrected chi connectivity index (χ3v) is 6.63. The predicted molar refractivity (Wildman–Crippen MR) is 139 cm³/mol. The first-order valence-corrected chi connectivity index (χ1v) is 14.9. The van der Waals surface area contributed by atoms with Crippen LogP contribution in [0.25, 0.3) is 0 Å². The molecule has 2 atom stereocenters. The number of carbonyl (C=O) groups excluding carboxylic acids is 1. The first kappa shape index (κ1) is 32.7. The summed E-state index contributed by atoms with van der Waals surface area (Å²) in [5, 5.41) is 3.03.